The first kappa shape index (κ1) is 20.9. The van der Waals surface area contributed by atoms with Crippen LogP contribution in [0.15, 0.2) is 48.5 Å². The molecule has 1 saturated carbocycles. The molecule has 0 radical (unpaired) electrons. The van der Waals surface area contributed by atoms with E-state index in [1.165, 1.54) is 47.9 Å². The van der Waals surface area contributed by atoms with Crippen molar-refractivity contribution in [1.82, 2.24) is 5.32 Å². The maximum absolute atomic E-state index is 11.8. The Kier molecular flexibility index (Phi) is 5.16. The third-order valence-corrected chi connectivity index (χ3v) is 7.37. The summed E-state index contributed by atoms with van der Waals surface area (Å²) >= 11 is 0. The first-order valence-corrected chi connectivity index (χ1v) is 11.4. The average Bonchev–Trinajstić information content (AvgIpc) is 3.52. The van der Waals surface area contributed by atoms with Crippen molar-refractivity contribution < 1.29 is 4.79 Å². The van der Waals surface area contributed by atoms with E-state index in [-0.39, 0.29) is 22.2 Å². The van der Waals surface area contributed by atoms with E-state index >= 15 is 0 Å². The molecule has 2 aromatic rings. The third kappa shape index (κ3) is 3.73. The highest BCUT2D eigenvalue weighted by Gasteiger charge is 2.47. The van der Waals surface area contributed by atoms with Gasteiger partial charge in [-0.05, 0) is 77.3 Å². The zero-order chi connectivity index (χ0) is 21.6. The third-order valence-electron chi connectivity index (χ3n) is 7.37. The van der Waals surface area contributed by atoms with Gasteiger partial charge in [0.2, 0.25) is 5.91 Å². The summed E-state index contributed by atoms with van der Waals surface area (Å²) in [4.78, 5) is 11.8. The number of likely N-dealkylation sites (N-methyl/N-ethyl adjacent to an activating group) is 1. The summed E-state index contributed by atoms with van der Waals surface area (Å²) in [5.74, 6) is -0.0384. The summed E-state index contributed by atoms with van der Waals surface area (Å²) < 4.78 is 0. The molecule has 2 nitrogen and oxygen atoms in total. The van der Waals surface area contributed by atoms with Crippen LogP contribution in [0.25, 0.3) is 6.08 Å². The predicted octanol–water partition coefficient (Wildman–Crippen LogP) is 6.26. The van der Waals surface area contributed by atoms with Gasteiger partial charge in [0.05, 0.1) is 0 Å². The average molecular weight is 402 g/mol. The van der Waals surface area contributed by atoms with Gasteiger partial charge in [-0.3, -0.25) is 4.79 Å². The summed E-state index contributed by atoms with van der Waals surface area (Å²) in [6.45, 7) is 12.2. The summed E-state index contributed by atoms with van der Waals surface area (Å²) in [5.41, 5.74) is 7.58. The molecule has 0 saturated heterocycles. The molecule has 30 heavy (non-hydrogen) atoms. The largest absolute Gasteiger partial charge is 0.353 e. The zero-order valence-corrected chi connectivity index (χ0v) is 19.1. The molecule has 1 amide bonds. The zero-order valence-electron chi connectivity index (χ0n) is 19.1. The van der Waals surface area contributed by atoms with Gasteiger partial charge < -0.3 is 5.32 Å². The minimum absolute atomic E-state index is 0.0384. The van der Waals surface area contributed by atoms with Crippen molar-refractivity contribution in [2.45, 2.75) is 76.5 Å². The van der Waals surface area contributed by atoms with Crippen LogP contribution in [0.5, 0.6) is 0 Å². The van der Waals surface area contributed by atoms with Crippen molar-refractivity contribution in [2.24, 2.45) is 0 Å². The molecule has 0 spiro atoms. The highest BCUT2D eigenvalue weighted by Crippen LogP contribution is 2.55. The molecule has 2 heteroatoms. The first-order chi connectivity index (χ1) is 14.2. The lowest BCUT2D eigenvalue weighted by Gasteiger charge is -2.42. The van der Waals surface area contributed by atoms with Crippen LogP contribution in [0, 0.1) is 0 Å². The van der Waals surface area contributed by atoms with Crippen molar-refractivity contribution in [2.75, 3.05) is 6.54 Å². The van der Waals surface area contributed by atoms with Crippen molar-refractivity contribution in [3.8, 4) is 0 Å². The molecule has 0 atom stereocenters. The molecule has 0 aliphatic heterocycles. The van der Waals surface area contributed by atoms with Gasteiger partial charge in [0, 0.05) is 18.0 Å². The van der Waals surface area contributed by atoms with Gasteiger partial charge in [0.15, 0.2) is 0 Å². The lowest BCUT2D eigenvalue weighted by molar-refractivity contribution is -0.116. The maximum Gasteiger partial charge on any atom is 0.243 e. The Labute approximate surface area is 181 Å². The number of hydrogen-bond donors (Lipinski definition) is 1. The number of benzene rings is 2. The molecule has 1 fully saturated rings. The Morgan fingerprint density at radius 1 is 0.900 bits per heavy atom. The Bertz CT molecular complexity index is 991. The van der Waals surface area contributed by atoms with Crippen LogP contribution in [0.1, 0.15) is 88.1 Å². The van der Waals surface area contributed by atoms with E-state index in [1.807, 2.05) is 13.0 Å². The van der Waals surface area contributed by atoms with Crippen molar-refractivity contribution in [3.63, 3.8) is 0 Å². The van der Waals surface area contributed by atoms with Gasteiger partial charge in [-0.15, -0.1) is 0 Å². The molecular formula is C28H35NO. The molecular weight excluding hydrogens is 366 g/mol. The van der Waals surface area contributed by atoms with Gasteiger partial charge >= 0.3 is 0 Å². The van der Waals surface area contributed by atoms with E-state index in [9.17, 15) is 4.79 Å². The number of carbonyl (C=O) groups is 1. The molecule has 2 aliphatic carbocycles. The summed E-state index contributed by atoms with van der Waals surface area (Å²) in [7, 11) is 0. The van der Waals surface area contributed by atoms with E-state index in [2.05, 4.69) is 75.5 Å². The van der Waals surface area contributed by atoms with Crippen molar-refractivity contribution in [1.29, 1.82) is 0 Å². The van der Waals surface area contributed by atoms with Gasteiger partial charge in [-0.25, -0.2) is 0 Å². The number of fused-ring (bicyclic) bond motifs is 1. The van der Waals surface area contributed by atoms with E-state index in [1.54, 1.807) is 6.08 Å². The minimum atomic E-state index is -0.0384. The monoisotopic (exact) mass is 401 g/mol. The van der Waals surface area contributed by atoms with Crippen LogP contribution in [-0.2, 0) is 21.0 Å². The summed E-state index contributed by atoms with van der Waals surface area (Å²) in [5, 5.41) is 2.82. The second-order valence-electron chi connectivity index (χ2n) is 10.5. The minimum Gasteiger partial charge on any atom is -0.353 e. The smallest absolute Gasteiger partial charge is 0.243 e. The molecule has 0 unspecified atom stereocenters. The fourth-order valence-corrected chi connectivity index (χ4v) is 5.10. The normalized spacial score (nSPS) is 20.6. The second kappa shape index (κ2) is 7.41. The van der Waals surface area contributed by atoms with E-state index in [0.29, 0.717) is 6.54 Å². The van der Waals surface area contributed by atoms with Crippen LogP contribution >= 0.6 is 0 Å². The molecule has 2 aliphatic rings. The fourth-order valence-electron chi connectivity index (χ4n) is 5.10. The van der Waals surface area contributed by atoms with E-state index < -0.39 is 0 Å². The highest BCUT2D eigenvalue weighted by atomic mass is 16.1. The molecule has 0 bridgehead atoms. The highest BCUT2D eigenvalue weighted by molar-refractivity contribution is 5.91. The lowest BCUT2D eigenvalue weighted by atomic mass is 9.62. The number of carbonyl (C=O) groups excluding carboxylic acids is 1. The molecule has 2 aromatic carbocycles. The van der Waals surface area contributed by atoms with Crippen molar-refractivity contribution >= 4 is 12.0 Å². The van der Waals surface area contributed by atoms with Crippen LogP contribution in [-0.4, -0.2) is 12.5 Å². The summed E-state index contributed by atoms with van der Waals surface area (Å²) in [6, 6.07) is 16.0. The molecule has 0 aromatic heterocycles. The van der Waals surface area contributed by atoms with Crippen LogP contribution in [0.3, 0.4) is 0 Å². The maximum atomic E-state index is 11.8. The Morgan fingerprint density at radius 3 is 2.23 bits per heavy atom. The topological polar surface area (TPSA) is 29.1 Å². The fraction of sp³-hybridized carbons (Fsp3) is 0.464. The van der Waals surface area contributed by atoms with Crippen LogP contribution < -0.4 is 5.32 Å². The number of amides is 1. The predicted molar refractivity (Wildman–Crippen MR) is 126 cm³/mol. The molecule has 158 valence electrons. The number of hydrogen-bond acceptors (Lipinski definition) is 1. The summed E-state index contributed by atoms with van der Waals surface area (Å²) in [6.07, 6.45) is 8.42. The molecule has 0 heterocycles. The van der Waals surface area contributed by atoms with Gasteiger partial charge in [0.25, 0.3) is 0 Å². The molecule has 1 N–H and O–H groups in total. The van der Waals surface area contributed by atoms with Crippen LogP contribution in [0.2, 0.25) is 0 Å². The van der Waals surface area contributed by atoms with Gasteiger partial charge in [0.1, 0.15) is 0 Å². The lowest BCUT2D eigenvalue weighted by Crippen LogP contribution is -2.34. The van der Waals surface area contributed by atoms with Crippen molar-refractivity contribution in [3.05, 3.63) is 76.4 Å². The Hall–Kier alpha value is -2.35. The number of nitrogens with one attached hydrogen (secondary N) is 1. The second-order valence-corrected chi connectivity index (χ2v) is 10.5. The number of rotatable bonds is 5. The van der Waals surface area contributed by atoms with E-state index in [0.717, 1.165) is 5.56 Å². The molecule has 4 rings (SSSR count). The first-order valence-electron chi connectivity index (χ1n) is 11.4. The standard InChI is InChI=1S/C28H35NO/c1-6-29-25(30)13-10-20-8-7-9-21(18-20)28(16-17-28)22-11-12-23-24(19-22)27(4,5)15-14-26(23,2)3/h7-13,18-19H,6,14-17H2,1-5H3,(H,29,30). The quantitative estimate of drug-likeness (QED) is 0.588. The van der Waals surface area contributed by atoms with Crippen LogP contribution in [0.4, 0.5) is 0 Å². The van der Waals surface area contributed by atoms with Gasteiger partial charge in [-0.2, -0.15) is 0 Å². The van der Waals surface area contributed by atoms with Gasteiger partial charge in [-0.1, -0.05) is 70.2 Å². The van der Waals surface area contributed by atoms with E-state index in [4.69, 9.17) is 0 Å². The Morgan fingerprint density at radius 2 is 1.57 bits per heavy atom. The SMILES string of the molecule is CCNC(=O)C=Cc1cccc(C2(c3ccc4c(c3)C(C)(C)CCC4(C)C)CC2)c1. The Balaban J connectivity index is 1.69.